The van der Waals surface area contributed by atoms with Crippen LogP contribution >= 0.6 is 12.4 Å². The largest absolute Gasteiger partial charge is 0.387 e. The first kappa shape index (κ1) is 21.8. The van der Waals surface area contributed by atoms with Crippen LogP contribution < -0.4 is 5.73 Å². The highest BCUT2D eigenvalue weighted by Gasteiger charge is 2.24. The number of aliphatic hydroxyl groups is 1. The van der Waals surface area contributed by atoms with Gasteiger partial charge in [-0.05, 0) is 23.6 Å². The third-order valence-corrected chi connectivity index (χ3v) is 3.21. The summed E-state index contributed by atoms with van der Waals surface area (Å²) in [7, 11) is 1.48. The summed E-state index contributed by atoms with van der Waals surface area (Å²) in [4.78, 5) is 13.9. The molecule has 0 aliphatic carbocycles. The monoisotopic (exact) mass is 348 g/mol. The van der Waals surface area contributed by atoms with E-state index in [2.05, 4.69) is 0 Å². The molecule has 0 spiro atoms. The fourth-order valence-electron chi connectivity index (χ4n) is 2.18. The number of benzene rings is 1. The first-order valence-corrected chi connectivity index (χ1v) is 7.32. The molecule has 2 atom stereocenters. The number of halogens is 2. The van der Waals surface area contributed by atoms with Gasteiger partial charge in [0.1, 0.15) is 11.9 Å². The van der Waals surface area contributed by atoms with Crippen LogP contribution in [-0.2, 0) is 9.53 Å². The van der Waals surface area contributed by atoms with E-state index in [4.69, 9.17) is 10.5 Å². The molecule has 0 heterocycles. The number of carbonyl (C=O) groups is 1. The molecule has 1 amide bonds. The van der Waals surface area contributed by atoms with Gasteiger partial charge in [-0.2, -0.15) is 0 Å². The third-order valence-electron chi connectivity index (χ3n) is 3.21. The van der Waals surface area contributed by atoms with E-state index >= 15 is 0 Å². The number of carbonyl (C=O) groups excluding carboxylic acids is 1. The summed E-state index contributed by atoms with van der Waals surface area (Å²) in [6, 6.07) is 4.82. The maximum Gasteiger partial charge on any atom is 0.241 e. The van der Waals surface area contributed by atoms with Crippen LogP contribution in [0.25, 0.3) is 0 Å². The molecule has 0 bridgehead atoms. The smallest absolute Gasteiger partial charge is 0.241 e. The number of nitrogens with zero attached hydrogens (tertiary/aromatic N) is 1. The van der Waals surface area contributed by atoms with Crippen molar-refractivity contribution in [1.29, 1.82) is 0 Å². The Morgan fingerprint density at radius 3 is 2.35 bits per heavy atom. The topological polar surface area (TPSA) is 75.8 Å². The van der Waals surface area contributed by atoms with Crippen LogP contribution in [0.4, 0.5) is 4.39 Å². The number of aliphatic hydroxyl groups excluding tert-OH is 1. The van der Waals surface area contributed by atoms with Gasteiger partial charge in [-0.1, -0.05) is 26.0 Å². The lowest BCUT2D eigenvalue weighted by Gasteiger charge is -2.29. The van der Waals surface area contributed by atoms with E-state index in [-0.39, 0.29) is 43.2 Å². The number of rotatable bonds is 8. The van der Waals surface area contributed by atoms with Crippen LogP contribution in [0.5, 0.6) is 0 Å². The van der Waals surface area contributed by atoms with Gasteiger partial charge < -0.3 is 20.5 Å². The van der Waals surface area contributed by atoms with Crippen molar-refractivity contribution >= 4 is 18.3 Å². The van der Waals surface area contributed by atoms with Gasteiger partial charge in [0, 0.05) is 13.7 Å². The molecule has 0 saturated heterocycles. The number of methoxy groups -OCH3 is 1. The van der Waals surface area contributed by atoms with Crippen LogP contribution in [0.1, 0.15) is 25.5 Å². The summed E-state index contributed by atoms with van der Waals surface area (Å²) in [5.41, 5.74) is 6.35. The SMILES string of the molecule is COCC(N)C(=O)N(CC(C)C)CC(O)c1ccc(F)cc1.Cl. The number of hydrogen-bond acceptors (Lipinski definition) is 4. The van der Waals surface area contributed by atoms with E-state index in [0.717, 1.165) is 0 Å². The average Bonchev–Trinajstić information content (AvgIpc) is 2.46. The summed E-state index contributed by atoms with van der Waals surface area (Å²) in [6.45, 7) is 4.67. The summed E-state index contributed by atoms with van der Waals surface area (Å²) >= 11 is 0. The number of amides is 1. The highest BCUT2D eigenvalue weighted by Crippen LogP contribution is 2.16. The molecule has 1 aromatic rings. The van der Waals surface area contributed by atoms with Crippen molar-refractivity contribution in [2.75, 3.05) is 26.8 Å². The second-order valence-electron chi connectivity index (χ2n) is 5.77. The van der Waals surface area contributed by atoms with Gasteiger partial charge in [-0.25, -0.2) is 4.39 Å². The second-order valence-corrected chi connectivity index (χ2v) is 5.77. The van der Waals surface area contributed by atoms with E-state index in [1.54, 1.807) is 0 Å². The van der Waals surface area contributed by atoms with E-state index in [9.17, 15) is 14.3 Å². The summed E-state index contributed by atoms with van der Waals surface area (Å²) in [5, 5.41) is 10.3. The fourth-order valence-corrected chi connectivity index (χ4v) is 2.18. The Bertz CT molecular complexity index is 471. The average molecular weight is 349 g/mol. The molecular formula is C16H26ClFN2O3. The van der Waals surface area contributed by atoms with Crippen LogP contribution in [0.15, 0.2) is 24.3 Å². The summed E-state index contributed by atoms with van der Waals surface area (Å²) < 4.78 is 17.8. The van der Waals surface area contributed by atoms with Gasteiger partial charge in [0.25, 0.3) is 0 Å². The van der Waals surface area contributed by atoms with Crippen molar-refractivity contribution in [1.82, 2.24) is 4.90 Å². The lowest BCUT2D eigenvalue weighted by Crippen LogP contribution is -2.48. The Hall–Kier alpha value is -1.21. The van der Waals surface area contributed by atoms with Crippen LogP contribution in [0, 0.1) is 11.7 Å². The lowest BCUT2D eigenvalue weighted by molar-refractivity contribution is -0.135. The molecule has 132 valence electrons. The van der Waals surface area contributed by atoms with E-state index in [1.165, 1.54) is 36.3 Å². The predicted molar refractivity (Wildman–Crippen MR) is 89.9 cm³/mol. The molecule has 3 N–H and O–H groups in total. The quantitative estimate of drug-likeness (QED) is 0.750. The molecule has 5 nitrogen and oxygen atoms in total. The molecule has 0 aliphatic rings. The Kier molecular flexibility index (Phi) is 9.99. The predicted octanol–water partition coefficient (Wildman–Crippen LogP) is 1.74. The summed E-state index contributed by atoms with van der Waals surface area (Å²) in [6.07, 6.45) is -0.891. The lowest BCUT2D eigenvalue weighted by atomic mass is 10.1. The number of hydrogen-bond donors (Lipinski definition) is 2. The van der Waals surface area contributed by atoms with Gasteiger partial charge in [0.15, 0.2) is 0 Å². The van der Waals surface area contributed by atoms with Gasteiger partial charge in [0.05, 0.1) is 19.3 Å². The number of nitrogens with two attached hydrogens (primary N) is 1. The standard InChI is InChI=1S/C16H25FN2O3.ClH/c1-11(2)8-19(16(21)14(18)10-22-3)9-15(20)12-4-6-13(17)7-5-12;/h4-7,11,14-15,20H,8-10,18H2,1-3H3;1H. The maximum atomic E-state index is 12.9. The highest BCUT2D eigenvalue weighted by atomic mass is 35.5. The molecule has 0 aliphatic heterocycles. The molecule has 0 saturated carbocycles. The minimum Gasteiger partial charge on any atom is -0.387 e. The third kappa shape index (κ3) is 7.26. The van der Waals surface area contributed by atoms with Crippen molar-refractivity contribution in [3.8, 4) is 0 Å². The van der Waals surface area contributed by atoms with Crippen molar-refractivity contribution in [3.05, 3.63) is 35.6 Å². The van der Waals surface area contributed by atoms with E-state index in [1.807, 2.05) is 13.8 Å². The molecule has 0 aromatic heterocycles. The zero-order chi connectivity index (χ0) is 16.7. The zero-order valence-electron chi connectivity index (χ0n) is 13.7. The van der Waals surface area contributed by atoms with Crippen LogP contribution in [-0.4, -0.2) is 48.8 Å². The van der Waals surface area contributed by atoms with Gasteiger partial charge in [-0.3, -0.25) is 4.79 Å². The molecule has 2 unspecified atom stereocenters. The summed E-state index contributed by atoms with van der Waals surface area (Å²) in [5.74, 6) is -0.399. The van der Waals surface area contributed by atoms with Crippen molar-refractivity contribution < 1.29 is 19.0 Å². The van der Waals surface area contributed by atoms with Crippen LogP contribution in [0.3, 0.4) is 0 Å². The Morgan fingerprint density at radius 2 is 1.87 bits per heavy atom. The molecule has 0 fully saturated rings. The van der Waals surface area contributed by atoms with E-state index < -0.39 is 12.1 Å². The molecule has 1 rings (SSSR count). The number of ether oxygens (including phenoxy) is 1. The van der Waals surface area contributed by atoms with Gasteiger partial charge >= 0.3 is 0 Å². The zero-order valence-corrected chi connectivity index (χ0v) is 14.6. The first-order valence-electron chi connectivity index (χ1n) is 7.32. The van der Waals surface area contributed by atoms with Crippen molar-refractivity contribution in [2.24, 2.45) is 11.7 Å². The molecular weight excluding hydrogens is 323 g/mol. The minimum absolute atomic E-state index is 0. The van der Waals surface area contributed by atoms with Crippen molar-refractivity contribution in [3.63, 3.8) is 0 Å². The fraction of sp³-hybridized carbons (Fsp3) is 0.562. The first-order chi connectivity index (χ1) is 10.3. The van der Waals surface area contributed by atoms with Gasteiger partial charge in [-0.15, -0.1) is 12.4 Å². The van der Waals surface area contributed by atoms with Crippen LogP contribution in [0.2, 0.25) is 0 Å². The second kappa shape index (κ2) is 10.5. The molecule has 0 radical (unpaired) electrons. The molecule has 23 heavy (non-hydrogen) atoms. The highest BCUT2D eigenvalue weighted by molar-refractivity contribution is 5.85. The molecule has 7 heteroatoms. The van der Waals surface area contributed by atoms with Gasteiger partial charge in [0.2, 0.25) is 5.91 Å². The van der Waals surface area contributed by atoms with Crippen molar-refractivity contribution in [2.45, 2.75) is 26.0 Å². The maximum absolute atomic E-state index is 12.9. The Labute approximate surface area is 143 Å². The Morgan fingerprint density at radius 1 is 1.30 bits per heavy atom. The molecule has 1 aromatic carbocycles. The minimum atomic E-state index is -0.891. The van der Waals surface area contributed by atoms with E-state index in [0.29, 0.717) is 12.1 Å². The Balaban J connectivity index is 0.00000484. The normalized spacial score (nSPS) is 13.3.